The molecule has 0 bridgehead atoms. The van der Waals surface area contributed by atoms with Crippen LogP contribution in [-0.4, -0.2) is 5.75 Å². The maximum atomic E-state index is 13.1. The van der Waals surface area contributed by atoms with E-state index in [1.54, 1.807) is 12.1 Å². The Morgan fingerprint density at radius 2 is 2.21 bits per heavy atom. The van der Waals surface area contributed by atoms with Crippen LogP contribution in [0.1, 0.15) is 12.0 Å². The molecule has 0 amide bonds. The highest BCUT2D eigenvalue weighted by Gasteiger charge is 2.03. The minimum absolute atomic E-state index is 0.129. The molecule has 0 heterocycles. The van der Waals surface area contributed by atoms with Gasteiger partial charge in [-0.05, 0) is 24.3 Å². The number of nitrogens with two attached hydrogens (primary N) is 1. The van der Waals surface area contributed by atoms with E-state index in [0.29, 0.717) is 10.6 Å². The molecule has 0 radical (unpaired) electrons. The van der Waals surface area contributed by atoms with Crippen LogP contribution in [0.3, 0.4) is 0 Å². The van der Waals surface area contributed by atoms with Crippen molar-refractivity contribution in [1.29, 1.82) is 0 Å². The first-order chi connectivity index (χ1) is 6.65. The number of benzene rings is 1. The number of hydrogen-bond acceptors (Lipinski definition) is 2. The highest BCUT2D eigenvalue weighted by atomic mass is 35.5. The van der Waals surface area contributed by atoms with Gasteiger partial charge in [-0.25, -0.2) is 4.39 Å². The van der Waals surface area contributed by atoms with Crippen molar-refractivity contribution in [1.82, 2.24) is 0 Å². The molecule has 0 aliphatic carbocycles. The second-order valence-corrected chi connectivity index (χ2v) is 3.69. The Morgan fingerprint density at radius 1 is 1.50 bits per heavy atom. The highest BCUT2D eigenvalue weighted by Crippen LogP contribution is 2.23. The van der Waals surface area contributed by atoms with Crippen LogP contribution < -0.4 is 5.73 Å². The van der Waals surface area contributed by atoms with Gasteiger partial charge in [0.15, 0.2) is 0 Å². The third-order valence-electron chi connectivity index (χ3n) is 1.72. The van der Waals surface area contributed by atoms with Gasteiger partial charge in [-0.2, -0.15) is 12.6 Å². The van der Waals surface area contributed by atoms with E-state index in [0.717, 1.165) is 12.2 Å². The van der Waals surface area contributed by atoms with Crippen LogP contribution in [0.25, 0.3) is 6.08 Å². The van der Waals surface area contributed by atoms with Crippen molar-refractivity contribution in [3.8, 4) is 0 Å². The largest absolute Gasteiger partial charge is 0.396 e. The summed E-state index contributed by atoms with van der Waals surface area (Å²) in [6, 6.07) is 2.84. The minimum Gasteiger partial charge on any atom is -0.396 e. The van der Waals surface area contributed by atoms with Crippen molar-refractivity contribution in [2.24, 2.45) is 0 Å². The van der Waals surface area contributed by atoms with E-state index in [1.807, 2.05) is 6.08 Å². The number of halogens is 2. The Morgan fingerprint density at radius 3 is 2.86 bits per heavy atom. The predicted molar refractivity (Wildman–Crippen MR) is 63.3 cm³/mol. The number of nitrogen functional groups attached to an aromatic ring is 1. The smallest absolute Gasteiger partial charge is 0.148 e. The minimum atomic E-state index is -0.483. The number of anilines is 1. The molecule has 1 rings (SSSR count). The summed E-state index contributed by atoms with van der Waals surface area (Å²) >= 11 is 9.74. The van der Waals surface area contributed by atoms with Gasteiger partial charge in [0.1, 0.15) is 5.82 Å². The first-order valence-electron chi connectivity index (χ1n) is 4.17. The molecule has 1 nitrogen and oxygen atoms in total. The predicted octanol–water partition coefficient (Wildman–Crippen LogP) is 3.39. The fraction of sp³-hybridized carbons (Fsp3) is 0.200. The van der Waals surface area contributed by atoms with Gasteiger partial charge in [0, 0.05) is 10.6 Å². The Balaban J connectivity index is 2.96. The summed E-state index contributed by atoms with van der Waals surface area (Å²) in [6.45, 7) is 0. The van der Waals surface area contributed by atoms with Crippen LogP contribution in [0.15, 0.2) is 18.2 Å². The van der Waals surface area contributed by atoms with Gasteiger partial charge in [0.05, 0.1) is 5.69 Å². The number of allylic oxidation sites excluding steroid dienone is 1. The molecule has 2 N–H and O–H groups in total. The van der Waals surface area contributed by atoms with Crippen molar-refractivity contribution in [2.75, 3.05) is 11.5 Å². The van der Waals surface area contributed by atoms with Crippen molar-refractivity contribution < 1.29 is 4.39 Å². The van der Waals surface area contributed by atoms with E-state index in [1.165, 1.54) is 6.07 Å². The van der Waals surface area contributed by atoms with Gasteiger partial charge in [0.25, 0.3) is 0 Å². The fourth-order valence-corrected chi connectivity index (χ4v) is 1.39. The monoisotopic (exact) mass is 231 g/mol. The van der Waals surface area contributed by atoms with Crippen molar-refractivity contribution in [2.45, 2.75) is 6.42 Å². The lowest BCUT2D eigenvalue weighted by Crippen LogP contribution is -1.94. The molecule has 0 unspecified atom stereocenters. The molecule has 0 atom stereocenters. The topological polar surface area (TPSA) is 26.0 Å². The summed E-state index contributed by atoms with van der Waals surface area (Å²) in [5.41, 5.74) is 6.27. The molecule has 14 heavy (non-hydrogen) atoms. The third-order valence-corrected chi connectivity index (χ3v) is 2.20. The summed E-state index contributed by atoms with van der Waals surface area (Å²) in [6.07, 6.45) is 4.45. The van der Waals surface area contributed by atoms with Crippen molar-refractivity contribution in [3.63, 3.8) is 0 Å². The molecule has 1 aromatic rings. The highest BCUT2D eigenvalue weighted by molar-refractivity contribution is 7.80. The van der Waals surface area contributed by atoms with E-state index in [4.69, 9.17) is 17.3 Å². The number of rotatable bonds is 3. The Hall–Kier alpha value is -0.670. The molecular formula is C10H11ClFNS. The fourth-order valence-electron chi connectivity index (χ4n) is 1.03. The standard InChI is InChI=1S/C10H11ClFNS/c11-8-5-7(3-1-2-4-14)10(13)9(12)6-8/h1,3,5-6,14H,2,4,13H2. The molecule has 1 aromatic carbocycles. The second-order valence-electron chi connectivity index (χ2n) is 2.81. The third kappa shape index (κ3) is 2.93. The Bertz CT molecular complexity index is 352. The van der Waals surface area contributed by atoms with Crippen LogP contribution in [-0.2, 0) is 0 Å². The molecule has 76 valence electrons. The lowest BCUT2D eigenvalue weighted by molar-refractivity contribution is 0.632. The van der Waals surface area contributed by atoms with E-state index in [-0.39, 0.29) is 5.69 Å². The second kappa shape index (κ2) is 5.27. The quantitative estimate of drug-likeness (QED) is 0.605. The Labute approximate surface area is 93.2 Å². The first kappa shape index (κ1) is 11.4. The molecule has 0 aromatic heterocycles. The van der Waals surface area contributed by atoms with Crippen LogP contribution in [0.2, 0.25) is 5.02 Å². The molecule has 0 saturated carbocycles. The van der Waals surface area contributed by atoms with Crippen molar-refractivity contribution >= 4 is 36.0 Å². The molecule has 0 aliphatic heterocycles. The molecule has 0 aliphatic rings. The maximum Gasteiger partial charge on any atom is 0.148 e. The zero-order valence-electron chi connectivity index (χ0n) is 7.50. The number of hydrogen-bond donors (Lipinski definition) is 2. The molecule has 4 heteroatoms. The van der Waals surface area contributed by atoms with Gasteiger partial charge in [0.2, 0.25) is 0 Å². The summed E-state index contributed by atoms with van der Waals surface area (Å²) in [7, 11) is 0. The lowest BCUT2D eigenvalue weighted by Gasteiger charge is -2.02. The first-order valence-corrected chi connectivity index (χ1v) is 5.18. The zero-order chi connectivity index (χ0) is 10.6. The van der Waals surface area contributed by atoms with Crippen molar-refractivity contribution in [3.05, 3.63) is 34.6 Å². The van der Waals surface area contributed by atoms with Gasteiger partial charge in [-0.3, -0.25) is 0 Å². The number of thiol groups is 1. The van der Waals surface area contributed by atoms with E-state index >= 15 is 0 Å². The summed E-state index contributed by atoms with van der Waals surface area (Å²) in [4.78, 5) is 0. The molecular weight excluding hydrogens is 221 g/mol. The molecule has 0 saturated heterocycles. The van der Waals surface area contributed by atoms with Gasteiger partial charge >= 0.3 is 0 Å². The molecule has 0 fully saturated rings. The normalized spacial score (nSPS) is 11.1. The SMILES string of the molecule is Nc1c(F)cc(Cl)cc1C=CCCS. The van der Waals surface area contributed by atoms with E-state index < -0.39 is 5.82 Å². The summed E-state index contributed by atoms with van der Waals surface area (Å²) < 4.78 is 13.1. The average molecular weight is 232 g/mol. The Kier molecular flexibility index (Phi) is 4.29. The average Bonchev–Trinajstić information content (AvgIpc) is 2.13. The van der Waals surface area contributed by atoms with Gasteiger partial charge in [-0.1, -0.05) is 23.8 Å². The van der Waals surface area contributed by atoms with Crippen LogP contribution in [0, 0.1) is 5.82 Å². The zero-order valence-corrected chi connectivity index (χ0v) is 9.15. The van der Waals surface area contributed by atoms with E-state index in [2.05, 4.69) is 12.6 Å². The maximum absolute atomic E-state index is 13.1. The van der Waals surface area contributed by atoms with Crippen LogP contribution >= 0.6 is 24.2 Å². The van der Waals surface area contributed by atoms with Gasteiger partial charge in [-0.15, -0.1) is 0 Å². The molecule has 0 spiro atoms. The van der Waals surface area contributed by atoms with Crippen LogP contribution in [0.5, 0.6) is 0 Å². The van der Waals surface area contributed by atoms with Gasteiger partial charge < -0.3 is 5.73 Å². The summed E-state index contributed by atoms with van der Waals surface area (Å²) in [5, 5.41) is 0.349. The summed E-state index contributed by atoms with van der Waals surface area (Å²) in [5.74, 6) is 0.266. The van der Waals surface area contributed by atoms with E-state index in [9.17, 15) is 4.39 Å². The van der Waals surface area contributed by atoms with Crippen LogP contribution in [0.4, 0.5) is 10.1 Å². The lowest BCUT2D eigenvalue weighted by atomic mass is 10.1.